The molecule has 27 heavy (non-hydrogen) atoms. The lowest BCUT2D eigenvalue weighted by atomic mass is 10.1. The molecule has 1 atom stereocenters. The normalized spacial score (nSPS) is 13.2. The van der Waals surface area contributed by atoms with E-state index in [1.807, 2.05) is 42.5 Å². The van der Waals surface area contributed by atoms with Gasteiger partial charge in [0.2, 0.25) is 12.5 Å². The van der Waals surface area contributed by atoms with Gasteiger partial charge in [-0.05, 0) is 29.8 Å². The molecule has 0 saturated carbocycles. The molecule has 0 fully saturated rings. The first-order valence-electron chi connectivity index (χ1n) is 9.17. The third kappa shape index (κ3) is 4.00. The van der Waals surface area contributed by atoms with Crippen LogP contribution in [-0.4, -0.2) is 20.4 Å². The Kier molecular flexibility index (Phi) is 5.15. The Morgan fingerprint density at radius 3 is 2.41 bits per heavy atom. The Morgan fingerprint density at radius 1 is 0.889 bits per heavy atom. The average molecular weight is 361 g/mol. The molecule has 3 aromatic rings. The highest BCUT2D eigenvalue weighted by Gasteiger charge is 2.22. The van der Waals surface area contributed by atoms with Crippen LogP contribution >= 0.6 is 0 Å². The molecule has 1 heterocycles. The SMILES string of the molecule is CN(CCC(Oc1cccc2c1OCO2)c1ccccc1)c1ccccc1. The lowest BCUT2D eigenvalue weighted by molar-refractivity contribution is 0.158. The number of ether oxygens (including phenoxy) is 3. The van der Waals surface area contributed by atoms with Gasteiger partial charge in [0.25, 0.3) is 0 Å². The van der Waals surface area contributed by atoms with Gasteiger partial charge in [-0.15, -0.1) is 0 Å². The molecule has 1 aliphatic heterocycles. The van der Waals surface area contributed by atoms with Crippen LogP contribution in [0.4, 0.5) is 5.69 Å². The summed E-state index contributed by atoms with van der Waals surface area (Å²) in [6, 6.07) is 26.5. The smallest absolute Gasteiger partial charge is 0.231 e. The van der Waals surface area contributed by atoms with Gasteiger partial charge < -0.3 is 19.1 Å². The van der Waals surface area contributed by atoms with E-state index in [0.29, 0.717) is 5.75 Å². The zero-order chi connectivity index (χ0) is 18.5. The standard InChI is InChI=1S/C23H23NO3/c1-24(19-11-6-3-7-12-19)16-15-20(18-9-4-2-5-10-18)27-22-14-8-13-21-23(22)26-17-25-21/h2-14,20H,15-17H2,1H3. The van der Waals surface area contributed by atoms with E-state index in [-0.39, 0.29) is 12.9 Å². The van der Waals surface area contributed by atoms with Crippen molar-refractivity contribution in [3.63, 3.8) is 0 Å². The maximum Gasteiger partial charge on any atom is 0.231 e. The van der Waals surface area contributed by atoms with Crippen molar-refractivity contribution in [3.05, 3.63) is 84.4 Å². The highest BCUT2D eigenvalue weighted by Crippen LogP contribution is 2.42. The van der Waals surface area contributed by atoms with Gasteiger partial charge in [-0.3, -0.25) is 0 Å². The molecule has 0 N–H and O–H groups in total. The molecule has 0 aliphatic carbocycles. The molecule has 0 aromatic heterocycles. The first-order valence-corrected chi connectivity index (χ1v) is 9.17. The molecule has 0 bridgehead atoms. The topological polar surface area (TPSA) is 30.9 Å². The maximum atomic E-state index is 6.40. The molecule has 4 nitrogen and oxygen atoms in total. The minimum Gasteiger partial charge on any atom is -0.482 e. The molecule has 0 spiro atoms. The van der Waals surface area contributed by atoms with Crippen molar-refractivity contribution >= 4 is 5.69 Å². The summed E-state index contributed by atoms with van der Waals surface area (Å²) in [5.74, 6) is 2.15. The molecule has 4 heteroatoms. The fraction of sp³-hybridized carbons (Fsp3) is 0.217. The highest BCUT2D eigenvalue weighted by atomic mass is 16.7. The van der Waals surface area contributed by atoms with Gasteiger partial charge >= 0.3 is 0 Å². The van der Waals surface area contributed by atoms with Gasteiger partial charge in [-0.25, -0.2) is 0 Å². The third-order valence-corrected chi connectivity index (χ3v) is 4.72. The summed E-state index contributed by atoms with van der Waals surface area (Å²) >= 11 is 0. The lowest BCUT2D eigenvalue weighted by Gasteiger charge is -2.25. The van der Waals surface area contributed by atoms with Crippen molar-refractivity contribution in [1.29, 1.82) is 0 Å². The van der Waals surface area contributed by atoms with Gasteiger partial charge in [-0.2, -0.15) is 0 Å². The molecule has 0 saturated heterocycles. The number of hydrogen-bond acceptors (Lipinski definition) is 4. The monoisotopic (exact) mass is 361 g/mol. The fourth-order valence-electron chi connectivity index (χ4n) is 3.23. The van der Waals surface area contributed by atoms with Crippen molar-refractivity contribution in [2.24, 2.45) is 0 Å². The average Bonchev–Trinajstić information content (AvgIpc) is 3.22. The molecule has 4 rings (SSSR count). The third-order valence-electron chi connectivity index (χ3n) is 4.72. The van der Waals surface area contributed by atoms with Crippen LogP contribution in [-0.2, 0) is 0 Å². The van der Waals surface area contributed by atoms with Crippen molar-refractivity contribution in [2.45, 2.75) is 12.5 Å². The number of rotatable bonds is 7. The number of para-hydroxylation sites is 2. The van der Waals surface area contributed by atoms with E-state index in [2.05, 4.69) is 48.3 Å². The predicted molar refractivity (Wildman–Crippen MR) is 107 cm³/mol. The van der Waals surface area contributed by atoms with Gasteiger partial charge in [0, 0.05) is 25.7 Å². The lowest BCUT2D eigenvalue weighted by Crippen LogP contribution is -2.22. The number of anilines is 1. The predicted octanol–water partition coefficient (Wildman–Crippen LogP) is 5.06. The van der Waals surface area contributed by atoms with E-state index in [4.69, 9.17) is 14.2 Å². The van der Waals surface area contributed by atoms with Crippen LogP contribution in [0.1, 0.15) is 18.1 Å². The molecule has 138 valence electrons. The molecule has 0 radical (unpaired) electrons. The van der Waals surface area contributed by atoms with Crippen LogP contribution in [0.15, 0.2) is 78.9 Å². The van der Waals surface area contributed by atoms with E-state index in [9.17, 15) is 0 Å². The second-order valence-corrected chi connectivity index (χ2v) is 6.55. The summed E-state index contributed by atoms with van der Waals surface area (Å²) in [6.45, 7) is 1.11. The second-order valence-electron chi connectivity index (χ2n) is 6.55. The summed E-state index contributed by atoms with van der Waals surface area (Å²) in [5, 5.41) is 0. The number of nitrogens with zero attached hydrogens (tertiary/aromatic N) is 1. The van der Waals surface area contributed by atoms with Crippen LogP contribution < -0.4 is 19.1 Å². The van der Waals surface area contributed by atoms with Gasteiger partial charge in [0.05, 0.1) is 0 Å². The van der Waals surface area contributed by atoms with Crippen LogP contribution in [0.3, 0.4) is 0 Å². The first kappa shape index (κ1) is 17.3. The van der Waals surface area contributed by atoms with Crippen molar-refractivity contribution < 1.29 is 14.2 Å². The highest BCUT2D eigenvalue weighted by molar-refractivity contribution is 5.52. The summed E-state index contributed by atoms with van der Waals surface area (Å²) in [6.07, 6.45) is 0.771. The van der Waals surface area contributed by atoms with Gasteiger partial charge in [0.1, 0.15) is 6.10 Å². The molecule has 1 unspecified atom stereocenters. The van der Waals surface area contributed by atoms with Crippen molar-refractivity contribution in [3.8, 4) is 17.2 Å². The maximum absolute atomic E-state index is 6.40. The largest absolute Gasteiger partial charge is 0.482 e. The van der Waals surface area contributed by atoms with Crippen LogP contribution in [0.2, 0.25) is 0 Å². The van der Waals surface area contributed by atoms with E-state index in [0.717, 1.165) is 30.0 Å². The minimum absolute atomic E-state index is 0.0759. The second kappa shape index (κ2) is 8.04. The Balaban J connectivity index is 1.52. The van der Waals surface area contributed by atoms with Crippen LogP contribution in [0.25, 0.3) is 0 Å². The van der Waals surface area contributed by atoms with E-state index in [1.54, 1.807) is 0 Å². The van der Waals surface area contributed by atoms with Crippen molar-refractivity contribution in [1.82, 2.24) is 0 Å². The molecular formula is C23H23NO3. The minimum atomic E-state index is -0.0759. The summed E-state index contributed by atoms with van der Waals surface area (Å²) in [5.41, 5.74) is 2.34. The first-order chi connectivity index (χ1) is 13.3. The summed E-state index contributed by atoms with van der Waals surface area (Å²) < 4.78 is 17.5. The van der Waals surface area contributed by atoms with Gasteiger partial charge in [0.15, 0.2) is 11.5 Å². The summed E-state index contributed by atoms with van der Waals surface area (Å²) in [7, 11) is 2.11. The Morgan fingerprint density at radius 2 is 1.63 bits per heavy atom. The van der Waals surface area contributed by atoms with E-state index < -0.39 is 0 Å². The number of benzene rings is 3. The molecule has 1 aliphatic rings. The summed E-state index contributed by atoms with van der Waals surface area (Å²) in [4.78, 5) is 2.24. The number of hydrogen-bond donors (Lipinski definition) is 0. The Labute approximate surface area is 159 Å². The van der Waals surface area contributed by atoms with Crippen LogP contribution in [0, 0.1) is 0 Å². The van der Waals surface area contributed by atoms with E-state index in [1.165, 1.54) is 5.69 Å². The van der Waals surface area contributed by atoms with E-state index >= 15 is 0 Å². The van der Waals surface area contributed by atoms with Crippen LogP contribution in [0.5, 0.6) is 17.2 Å². The number of fused-ring (bicyclic) bond motifs is 1. The Hall–Kier alpha value is -3.14. The van der Waals surface area contributed by atoms with Crippen molar-refractivity contribution in [2.75, 3.05) is 25.3 Å². The molecule has 0 amide bonds. The molecule has 3 aromatic carbocycles. The molecular weight excluding hydrogens is 338 g/mol. The Bertz CT molecular complexity index is 867. The zero-order valence-corrected chi connectivity index (χ0v) is 15.4. The quantitative estimate of drug-likeness (QED) is 0.588. The van der Waals surface area contributed by atoms with Gasteiger partial charge in [-0.1, -0.05) is 54.6 Å². The fourth-order valence-corrected chi connectivity index (χ4v) is 3.23. The zero-order valence-electron chi connectivity index (χ0n) is 15.4.